The fourth-order valence-corrected chi connectivity index (χ4v) is 3.79. The largest absolute Gasteiger partial charge is 0.460 e. The van der Waals surface area contributed by atoms with Crippen molar-refractivity contribution in [1.29, 1.82) is 0 Å². The molecule has 2 aliphatic rings. The normalized spacial score (nSPS) is 28.8. The summed E-state index contributed by atoms with van der Waals surface area (Å²) >= 11 is 0. The Morgan fingerprint density at radius 2 is 1.75 bits per heavy atom. The Balaban J connectivity index is 1.99. The van der Waals surface area contributed by atoms with Crippen molar-refractivity contribution in [2.45, 2.75) is 72.0 Å². The number of amides is 1. The highest BCUT2D eigenvalue weighted by Gasteiger charge is 2.55. The molecule has 1 amide bonds. The fourth-order valence-electron chi connectivity index (χ4n) is 3.79. The molecule has 0 radical (unpaired) electrons. The Labute approximate surface area is 145 Å². The van der Waals surface area contributed by atoms with Crippen LogP contribution < -0.4 is 5.32 Å². The highest BCUT2D eigenvalue weighted by molar-refractivity contribution is 5.72. The minimum absolute atomic E-state index is 0.202. The molecule has 0 aliphatic heterocycles. The average Bonchev–Trinajstić information content (AvgIpc) is 2.73. The van der Waals surface area contributed by atoms with Crippen molar-refractivity contribution in [1.82, 2.24) is 5.32 Å². The molecule has 1 N–H and O–H groups in total. The van der Waals surface area contributed by atoms with Crippen molar-refractivity contribution in [2.75, 3.05) is 6.54 Å². The summed E-state index contributed by atoms with van der Waals surface area (Å²) in [5, 5.41) is 2.86. The van der Waals surface area contributed by atoms with E-state index in [0.29, 0.717) is 24.8 Å². The van der Waals surface area contributed by atoms with Gasteiger partial charge in [-0.15, -0.1) is 0 Å². The molecule has 0 unspecified atom stereocenters. The van der Waals surface area contributed by atoms with Crippen molar-refractivity contribution in [3.8, 4) is 0 Å². The van der Waals surface area contributed by atoms with Crippen molar-refractivity contribution in [3.05, 3.63) is 12.2 Å². The van der Waals surface area contributed by atoms with Crippen LogP contribution in [0.15, 0.2) is 12.2 Å². The lowest BCUT2D eigenvalue weighted by atomic mass is 9.53. The number of hydrogen-bond donors (Lipinski definition) is 1. The molecule has 5 nitrogen and oxygen atoms in total. The van der Waals surface area contributed by atoms with Crippen LogP contribution in [0.2, 0.25) is 0 Å². The third kappa shape index (κ3) is 4.74. The van der Waals surface area contributed by atoms with E-state index in [-0.39, 0.29) is 11.4 Å². The van der Waals surface area contributed by atoms with E-state index in [1.807, 2.05) is 41.5 Å². The second kappa shape index (κ2) is 6.41. The van der Waals surface area contributed by atoms with Gasteiger partial charge in [-0.05, 0) is 66.2 Å². The third-order valence-corrected chi connectivity index (χ3v) is 4.57. The summed E-state index contributed by atoms with van der Waals surface area (Å²) in [5.74, 6) is 0.722. The Kier molecular flexibility index (Phi) is 5.03. The molecule has 1 fully saturated rings. The summed E-state index contributed by atoms with van der Waals surface area (Å²) in [7, 11) is 0. The van der Waals surface area contributed by atoms with Crippen LogP contribution in [0.3, 0.4) is 0 Å². The lowest BCUT2D eigenvalue weighted by Crippen LogP contribution is -2.54. The van der Waals surface area contributed by atoms with Crippen molar-refractivity contribution >= 4 is 12.1 Å². The van der Waals surface area contributed by atoms with Gasteiger partial charge in [0, 0.05) is 12.0 Å². The van der Waals surface area contributed by atoms with E-state index < -0.39 is 17.3 Å². The Morgan fingerprint density at radius 1 is 1.12 bits per heavy atom. The first-order chi connectivity index (χ1) is 10.9. The topological polar surface area (TPSA) is 64.6 Å². The molecule has 0 aromatic heterocycles. The van der Waals surface area contributed by atoms with Crippen molar-refractivity contribution in [3.63, 3.8) is 0 Å². The molecule has 3 atom stereocenters. The number of nitrogens with one attached hydrogen (secondary N) is 1. The van der Waals surface area contributed by atoms with Crippen molar-refractivity contribution < 1.29 is 19.1 Å². The van der Waals surface area contributed by atoms with Gasteiger partial charge in [-0.25, -0.2) is 4.79 Å². The zero-order valence-electron chi connectivity index (χ0n) is 15.8. The molecule has 2 aliphatic carbocycles. The Bertz CT molecular complexity index is 526. The number of allylic oxidation sites excluding steroid dienone is 2. The smallest absolute Gasteiger partial charge is 0.407 e. The maximum absolute atomic E-state index is 12.3. The summed E-state index contributed by atoms with van der Waals surface area (Å²) in [6, 6.07) is 0. The molecule has 0 saturated heterocycles. The average molecular weight is 337 g/mol. The first kappa shape index (κ1) is 18.8. The number of hydrogen-bond acceptors (Lipinski definition) is 4. The van der Waals surface area contributed by atoms with E-state index in [2.05, 4.69) is 17.5 Å². The maximum atomic E-state index is 12.3. The molecular formula is C19H31NO4. The monoisotopic (exact) mass is 337 g/mol. The molecule has 5 heteroatoms. The number of rotatable bonds is 4. The van der Waals surface area contributed by atoms with Crippen LogP contribution in [0.25, 0.3) is 0 Å². The van der Waals surface area contributed by atoms with E-state index in [0.717, 1.165) is 12.8 Å². The number of ether oxygens (including phenoxy) is 2. The molecule has 0 heterocycles. The summed E-state index contributed by atoms with van der Waals surface area (Å²) in [4.78, 5) is 24.3. The predicted molar refractivity (Wildman–Crippen MR) is 92.5 cm³/mol. The van der Waals surface area contributed by atoms with Gasteiger partial charge < -0.3 is 14.8 Å². The SMILES string of the molecule is CC(C)(C)OC(=O)C[C@@]1(CNC(=O)OC(C)(C)C)C[C@H]2CC=C[C@H]21. The van der Waals surface area contributed by atoms with Crippen LogP contribution in [0.1, 0.15) is 60.8 Å². The summed E-state index contributed by atoms with van der Waals surface area (Å²) in [5.41, 5.74) is -1.28. The van der Waals surface area contributed by atoms with Crippen LogP contribution in [0, 0.1) is 17.3 Å². The van der Waals surface area contributed by atoms with E-state index in [4.69, 9.17) is 9.47 Å². The molecule has 24 heavy (non-hydrogen) atoms. The van der Waals surface area contributed by atoms with Crippen LogP contribution in [0.4, 0.5) is 4.79 Å². The highest BCUT2D eigenvalue weighted by Crippen LogP contribution is 2.58. The van der Waals surface area contributed by atoms with Gasteiger partial charge >= 0.3 is 12.1 Å². The highest BCUT2D eigenvalue weighted by atomic mass is 16.6. The van der Waals surface area contributed by atoms with Gasteiger partial charge in [0.1, 0.15) is 11.2 Å². The molecule has 0 aromatic rings. The lowest BCUT2D eigenvalue weighted by molar-refractivity contribution is -0.162. The molecule has 1 saturated carbocycles. The lowest BCUT2D eigenvalue weighted by Gasteiger charge is -2.52. The summed E-state index contributed by atoms with van der Waals surface area (Å²) < 4.78 is 10.8. The fraction of sp³-hybridized carbons (Fsp3) is 0.789. The molecule has 136 valence electrons. The number of esters is 1. The predicted octanol–water partition coefficient (Wildman–Crippen LogP) is 3.83. The molecule has 2 rings (SSSR count). The molecule has 0 aromatic carbocycles. The van der Waals surface area contributed by atoms with Crippen LogP contribution >= 0.6 is 0 Å². The zero-order valence-corrected chi connectivity index (χ0v) is 15.8. The first-order valence-electron chi connectivity index (χ1n) is 8.76. The minimum atomic E-state index is -0.530. The Morgan fingerprint density at radius 3 is 2.29 bits per heavy atom. The number of carbonyl (C=O) groups excluding carboxylic acids is 2. The summed E-state index contributed by atoms with van der Waals surface area (Å²) in [6.07, 6.45) is 6.25. The number of alkyl carbamates (subject to hydrolysis) is 1. The van der Waals surface area contributed by atoms with Gasteiger partial charge in [-0.2, -0.15) is 0 Å². The van der Waals surface area contributed by atoms with E-state index in [9.17, 15) is 9.59 Å². The minimum Gasteiger partial charge on any atom is -0.460 e. The first-order valence-corrected chi connectivity index (χ1v) is 8.76. The summed E-state index contributed by atoms with van der Waals surface area (Å²) in [6.45, 7) is 11.6. The third-order valence-electron chi connectivity index (χ3n) is 4.57. The number of carbonyl (C=O) groups is 2. The van der Waals surface area contributed by atoms with E-state index in [1.165, 1.54) is 0 Å². The van der Waals surface area contributed by atoms with E-state index >= 15 is 0 Å². The van der Waals surface area contributed by atoms with Gasteiger partial charge in [-0.3, -0.25) is 4.79 Å². The molecular weight excluding hydrogens is 306 g/mol. The molecule has 0 spiro atoms. The van der Waals surface area contributed by atoms with Crippen LogP contribution in [-0.4, -0.2) is 29.8 Å². The zero-order chi connectivity index (χ0) is 18.2. The van der Waals surface area contributed by atoms with E-state index in [1.54, 1.807) is 0 Å². The molecule has 0 bridgehead atoms. The standard InChI is InChI=1S/C19H31NO4/c1-17(2,3)23-15(21)11-19(10-13-8-7-9-14(13)19)12-20-16(22)24-18(4,5)6/h7,9,13-14H,8,10-12H2,1-6H3,(H,20,22)/t13-,14-,19-/m1/s1. The van der Waals surface area contributed by atoms with Crippen LogP contribution in [-0.2, 0) is 14.3 Å². The van der Waals surface area contributed by atoms with Gasteiger partial charge in [0.05, 0.1) is 6.42 Å². The van der Waals surface area contributed by atoms with Gasteiger partial charge in [0.25, 0.3) is 0 Å². The van der Waals surface area contributed by atoms with Gasteiger partial charge in [0.15, 0.2) is 0 Å². The maximum Gasteiger partial charge on any atom is 0.407 e. The number of fused-ring (bicyclic) bond motifs is 1. The van der Waals surface area contributed by atoms with Crippen LogP contribution in [0.5, 0.6) is 0 Å². The van der Waals surface area contributed by atoms with Crippen molar-refractivity contribution in [2.24, 2.45) is 17.3 Å². The second-order valence-corrected chi connectivity index (χ2v) is 9.13. The Hall–Kier alpha value is -1.52. The van der Waals surface area contributed by atoms with Gasteiger partial charge in [0.2, 0.25) is 0 Å². The second-order valence-electron chi connectivity index (χ2n) is 9.13. The van der Waals surface area contributed by atoms with Gasteiger partial charge in [-0.1, -0.05) is 12.2 Å². The quantitative estimate of drug-likeness (QED) is 0.625.